The third-order valence-electron chi connectivity index (χ3n) is 5.96. The highest BCUT2D eigenvalue weighted by molar-refractivity contribution is 7.89. The average molecular weight is 425 g/mol. The van der Waals surface area contributed by atoms with E-state index >= 15 is 0 Å². The Bertz CT molecular complexity index is 742. The summed E-state index contributed by atoms with van der Waals surface area (Å²) >= 11 is 0. The highest BCUT2D eigenvalue weighted by Gasteiger charge is 2.32. The fourth-order valence-corrected chi connectivity index (χ4v) is 5.95. The van der Waals surface area contributed by atoms with Crippen LogP contribution in [0, 0.1) is 5.92 Å². The Morgan fingerprint density at radius 2 is 1.76 bits per heavy atom. The molecule has 2 aliphatic rings. The van der Waals surface area contributed by atoms with E-state index in [0.717, 1.165) is 6.61 Å². The second-order valence-electron chi connectivity index (χ2n) is 8.13. The van der Waals surface area contributed by atoms with Crippen LogP contribution in [0.1, 0.15) is 56.6 Å². The van der Waals surface area contributed by atoms with E-state index in [1.807, 2.05) is 6.07 Å². The molecule has 0 radical (unpaired) electrons. The van der Waals surface area contributed by atoms with Gasteiger partial charge in [0.2, 0.25) is 10.0 Å². The van der Waals surface area contributed by atoms with Gasteiger partial charge in [0.25, 0.3) is 0 Å². The van der Waals surface area contributed by atoms with Crippen molar-refractivity contribution in [2.24, 2.45) is 5.92 Å². The predicted octanol–water partition coefficient (Wildman–Crippen LogP) is 3.39. The zero-order valence-corrected chi connectivity index (χ0v) is 17.6. The Kier molecular flexibility index (Phi) is 7.91. The van der Waals surface area contributed by atoms with E-state index < -0.39 is 22.2 Å². The number of hydrogen-bond acceptors (Lipinski definition) is 4. The Morgan fingerprint density at radius 1 is 1.10 bits per heavy atom. The fraction of sp³-hybridized carbons (Fsp3) is 0.667. The maximum atomic E-state index is 12.9. The molecule has 29 heavy (non-hydrogen) atoms. The molecule has 1 aliphatic heterocycles. The van der Waals surface area contributed by atoms with Gasteiger partial charge in [-0.15, -0.1) is 0 Å². The zero-order valence-electron chi connectivity index (χ0n) is 16.8. The molecule has 0 bridgehead atoms. The number of nitrogens with zero attached hydrogens (tertiary/aromatic N) is 1. The Balaban J connectivity index is 1.52. The molecule has 8 heteroatoms. The van der Waals surface area contributed by atoms with E-state index in [-0.39, 0.29) is 11.9 Å². The van der Waals surface area contributed by atoms with Gasteiger partial charge in [-0.3, -0.25) is 0 Å². The first kappa shape index (κ1) is 22.1. The highest BCUT2D eigenvalue weighted by Crippen LogP contribution is 2.26. The number of ether oxygens (including phenoxy) is 1. The number of rotatable bonds is 8. The quantitative estimate of drug-likeness (QED) is 0.667. The van der Waals surface area contributed by atoms with Gasteiger partial charge in [0.15, 0.2) is 0 Å². The molecule has 1 saturated heterocycles. The summed E-state index contributed by atoms with van der Waals surface area (Å²) in [7, 11) is -3.58. The van der Waals surface area contributed by atoms with Crippen LogP contribution in [0.15, 0.2) is 30.3 Å². The van der Waals surface area contributed by atoms with Crippen LogP contribution in [0.2, 0.25) is 0 Å². The second kappa shape index (κ2) is 10.4. The van der Waals surface area contributed by atoms with Crippen LogP contribution in [-0.4, -0.2) is 55.5 Å². The lowest BCUT2D eigenvalue weighted by Gasteiger charge is -2.33. The lowest BCUT2D eigenvalue weighted by molar-refractivity contribution is -0.00413. The number of benzene rings is 1. The largest absolute Gasteiger partial charge is 0.465 e. The summed E-state index contributed by atoms with van der Waals surface area (Å²) < 4.78 is 33.4. The predicted molar refractivity (Wildman–Crippen MR) is 111 cm³/mol. The van der Waals surface area contributed by atoms with Crippen LogP contribution < -0.4 is 5.32 Å². The van der Waals surface area contributed by atoms with Crippen molar-refractivity contribution in [3.8, 4) is 0 Å². The van der Waals surface area contributed by atoms with E-state index in [2.05, 4.69) is 5.32 Å². The maximum Gasteiger partial charge on any atom is 0.405 e. The standard InChI is InChI=1S/C21H32N2O5S/c24-21(25)22-20(18-9-5-2-6-10-18)16-29(26,27)23-13-11-19(12-14-23)28-15-17-7-3-1-4-8-17/h2,5-6,9-10,17,19-20,22H,1,3-4,7-8,11-16H2,(H,24,25)/t20-/m0/s1. The van der Waals surface area contributed by atoms with Crippen molar-refractivity contribution in [3.05, 3.63) is 35.9 Å². The van der Waals surface area contributed by atoms with E-state index in [4.69, 9.17) is 9.84 Å². The fourth-order valence-electron chi connectivity index (χ4n) is 4.27. The Morgan fingerprint density at radius 3 is 2.38 bits per heavy atom. The third kappa shape index (κ3) is 6.69. The summed E-state index contributed by atoms with van der Waals surface area (Å²) in [4.78, 5) is 11.2. The molecule has 1 saturated carbocycles. The molecule has 1 heterocycles. The summed E-state index contributed by atoms with van der Waals surface area (Å²) in [5.41, 5.74) is 0.643. The number of amides is 1. The smallest absolute Gasteiger partial charge is 0.405 e. The van der Waals surface area contributed by atoms with Crippen LogP contribution in [-0.2, 0) is 14.8 Å². The van der Waals surface area contributed by atoms with Gasteiger partial charge < -0.3 is 15.2 Å². The molecule has 0 spiro atoms. The zero-order chi connectivity index (χ0) is 20.7. The van der Waals surface area contributed by atoms with Gasteiger partial charge in [-0.1, -0.05) is 49.6 Å². The topological polar surface area (TPSA) is 95.9 Å². The molecule has 1 aromatic rings. The number of carboxylic acid groups (broad SMARTS) is 1. The monoisotopic (exact) mass is 424 g/mol. The van der Waals surface area contributed by atoms with Crippen LogP contribution in [0.25, 0.3) is 0 Å². The van der Waals surface area contributed by atoms with Crippen LogP contribution in [0.3, 0.4) is 0 Å². The molecular weight excluding hydrogens is 392 g/mol. The lowest BCUT2D eigenvalue weighted by atomic mass is 9.90. The first-order valence-electron chi connectivity index (χ1n) is 10.6. The van der Waals surface area contributed by atoms with Crippen molar-refractivity contribution < 1.29 is 23.1 Å². The number of sulfonamides is 1. The molecule has 0 aromatic heterocycles. The van der Waals surface area contributed by atoms with Gasteiger partial charge in [0, 0.05) is 19.7 Å². The molecule has 1 amide bonds. The van der Waals surface area contributed by atoms with Crippen molar-refractivity contribution >= 4 is 16.1 Å². The lowest BCUT2D eigenvalue weighted by Crippen LogP contribution is -2.44. The summed E-state index contributed by atoms with van der Waals surface area (Å²) in [6.07, 6.45) is 6.65. The van der Waals surface area contributed by atoms with E-state index in [0.29, 0.717) is 37.4 Å². The SMILES string of the molecule is O=C(O)N[C@@H](CS(=O)(=O)N1CCC(OCC2CCCCC2)CC1)c1ccccc1. The second-order valence-corrected chi connectivity index (χ2v) is 10.1. The minimum atomic E-state index is -3.58. The molecule has 1 aliphatic carbocycles. The number of hydrogen-bond donors (Lipinski definition) is 2. The average Bonchev–Trinajstić information content (AvgIpc) is 2.73. The minimum Gasteiger partial charge on any atom is -0.465 e. The van der Waals surface area contributed by atoms with Crippen molar-refractivity contribution in [2.75, 3.05) is 25.4 Å². The maximum absolute atomic E-state index is 12.9. The summed E-state index contributed by atoms with van der Waals surface area (Å²) in [6.45, 7) is 1.63. The third-order valence-corrected chi connectivity index (χ3v) is 7.87. The molecule has 2 fully saturated rings. The molecule has 1 aromatic carbocycles. The van der Waals surface area contributed by atoms with E-state index in [9.17, 15) is 13.2 Å². The number of nitrogens with one attached hydrogen (secondary N) is 1. The van der Waals surface area contributed by atoms with Gasteiger partial charge in [-0.05, 0) is 37.2 Å². The Hall–Kier alpha value is -1.64. The normalized spacial score (nSPS) is 21.0. The molecular formula is C21H32N2O5S. The molecule has 0 unspecified atom stereocenters. The minimum absolute atomic E-state index is 0.116. The van der Waals surface area contributed by atoms with Gasteiger partial charge in [-0.25, -0.2) is 17.5 Å². The summed E-state index contributed by atoms with van der Waals surface area (Å²) in [5, 5.41) is 11.5. The molecule has 162 valence electrons. The molecule has 2 N–H and O–H groups in total. The molecule has 3 rings (SSSR count). The molecule has 1 atom stereocenters. The summed E-state index contributed by atoms with van der Waals surface area (Å²) in [6, 6.07) is 8.04. The van der Waals surface area contributed by atoms with Crippen LogP contribution in [0.5, 0.6) is 0 Å². The molecule has 7 nitrogen and oxygen atoms in total. The summed E-state index contributed by atoms with van der Waals surface area (Å²) in [5.74, 6) is 0.371. The number of piperidine rings is 1. The van der Waals surface area contributed by atoms with E-state index in [1.165, 1.54) is 36.4 Å². The van der Waals surface area contributed by atoms with Crippen molar-refractivity contribution in [1.82, 2.24) is 9.62 Å². The van der Waals surface area contributed by atoms with Gasteiger partial charge >= 0.3 is 6.09 Å². The van der Waals surface area contributed by atoms with Gasteiger partial charge in [0.05, 0.1) is 17.9 Å². The van der Waals surface area contributed by atoms with Crippen LogP contribution in [0.4, 0.5) is 4.79 Å². The highest BCUT2D eigenvalue weighted by atomic mass is 32.2. The first-order valence-corrected chi connectivity index (χ1v) is 12.2. The van der Waals surface area contributed by atoms with Gasteiger partial charge in [-0.2, -0.15) is 0 Å². The first-order chi connectivity index (χ1) is 13.9. The van der Waals surface area contributed by atoms with Gasteiger partial charge in [0.1, 0.15) is 0 Å². The van der Waals surface area contributed by atoms with Crippen LogP contribution >= 0.6 is 0 Å². The number of carbonyl (C=O) groups is 1. The van der Waals surface area contributed by atoms with E-state index in [1.54, 1.807) is 24.3 Å². The van der Waals surface area contributed by atoms with Crippen molar-refractivity contribution in [2.45, 2.75) is 57.1 Å². The van der Waals surface area contributed by atoms with Crippen molar-refractivity contribution in [1.29, 1.82) is 0 Å². The van der Waals surface area contributed by atoms with Crippen molar-refractivity contribution in [3.63, 3.8) is 0 Å². The Labute approximate surface area is 173 Å².